The van der Waals surface area contributed by atoms with Crippen LogP contribution < -0.4 is 10.2 Å². The van der Waals surface area contributed by atoms with Crippen LogP contribution in [0.1, 0.15) is 50.0 Å². The molecule has 2 aliphatic rings. The van der Waals surface area contributed by atoms with Gasteiger partial charge in [-0.05, 0) is 50.3 Å². The SMILES string of the molecule is Cc1nc(-c2cc3cc(C)c(F)cc3nc2N2CCC(NC3CCCC3)CC2)no1. The molecule has 0 bridgehead atoms. The number of hydrogen-bond donors (Lipinski definition) is 1. The van der Waals surface area contributed by atoms with Crippen LogP contribution in [0.2, 0.25) is 0 Å². The molecule has 0 spiro atoms. The molecule has 0 amide bonds. The Morgan fingerprint density at radius 1 is 1.00 bits per heavy atom. The fraction of sp³-hybridized carbons (Fsp3) is 0.522. The Morgan fingerprint density at radius 2 is 1.73 bits per heavy atom. The van der Waals surface area contributed by atoms with E-state index in [1.165, 1.54) is 31.7 Å². The van der Waals surface area contributed by atoms with Crippen LogP contribution in [-0.4, -0.2) is 40.3 Å². The van der Waals surface area contributed by atoms with Crippen LogP contribution in [0.5, 0.6) is 0 Å². The van der Waals surface area contributed by atoms with Gasteiger partial charge in [-0.15, -0.1) is 0 Å². The van der Waals surface area contributed by atoms with Gasteiger partial charge in [0.25, 0.3) is 0 Å². The van der Waals surface area contributed by atoms with Crippen LogP contribution >= 0.6 is 0 Å². The number of piperidine rings is 1. The molecule has 6 nitrogen and oxygen atoms in total. The molecule has 0 atom stereocenters. The Morgan fingerprint density at radius 3 is 2.43 bits per heavy atom. The van der Waals surface area contributed by atoms with E-state index < -0.39 is 0 Å². The predicted molar refractivity (Wildman–Crippen MR) is 115 cm³/mol. The fourth-order valence-electron chi connectivity index (χ4n) is 4.80. The second kappa shape index (κ2) is 7.95. The van der Waals surface area contributed by atoms with Crippen molar-refractivity contribution >= 4 is 16.7 Å². The summed E-state index contributed by atoms with van der Waals surface area (Å²) in [6, 6.07) is 6.60. The summed E-state index contributed by atoms with van der Waals surface area (Å²) >= 11 is 0. The van der Waals surface area contributed by atoms with Crippen molar-refractivity contribution in [3.05, 3.63) is 35.5 Å². The monoisotopic (exact) mass is 409 g/mol. The van der Waals surface area contributed by atoms with Crippen LogP contribution in [0, 0.1) is 19.7 Å². The summed E-state index contributed by atoms with van der Waals surface area (Å²) in [5, 5.41) is 8.86. The number of rotatable bonds is 4. The van der Waals surface area contributed by atoms with Gasteiger partial charge in [0.2, 0.25) is 11.7 Å². The molecule has 1 N–H and O–H groups in total. The summed E-state index contributed by atoms with van der Waals surface area (Å²) < 4.78 is 19.4. The highest BCUT2D eigenvalue weighted by molar-refractivity contribution is 5.88. The third kappa shape index (κ3) is 3.78. The Bertz CT molecular complexity index is 1050. The van der Waals surface area contributed by atoms with E-state index in [2.05, 4.69) is 20.4 Å². The van der Waals surface area contributed by atoms with E-state index in [0.717, 1.165) is 42.7 Å². The molecule has 0 radical (unpaired) electrons. The molecule has 0 unspecified atom stereocenters. The largest absolute Gasteiger partial charge is 0.356 e. The molecule has 1 aliphatic heterocycles. The number of anilines is 1. The summed E-state index contributed by atoms with van der Waals surface area (Å²) in [6.45, 7) is 5.36. The van der Waals surface area contributed by atoms with Gasteiger partial charge in [0.05, 0.1) is 11.1 Å². The first-order chi connectivity index (χ1) is 14.6. The first kappa shape index (κ1) is 19.4. The molecular weight excluding hydrogens is 381 g/mol. The number of benzene rings is 1. The Labute approximate surface area is 175 Å². The van der Waals surface area contributed by atoms with E-state index in [0.29, 0.717) is 34.9 Å². The lowest BCUT2D eigenvalue weighted by atomic mass is 10.0. The van der Waals surface area contributed by atoms with Gasteiger partial charge in [0, 0.05) is 43.5 Å². The van der Waals surface area contributed by atoms with Gasteiger partial charge < -0.3 is 14.7 Å². The molecule has 1 saturated carbocycles. The van der Waals surface area contributed by atoms with E-state index in [9.17, 15) is 4.39 Å². The van der Waals surface area contributed by atoms with Crippen LogP contribution in [0.4, 0.5) is 10.2 Å². The van der Waals surface area contributed by atoms with Gasteiger partial charge in [0.1, 0.15) is 11.6 Å². The maximum absolute atomic E-state index is 14.2. The van der Waals surface area contributed by atoms with E-state index in [1.807, 2.05) is 12.1 Å². The van der Waals surface area contributed by atoms with Crippen molar-refractivity contribution in [2.24, 2.45) is 0 Å². The Kier molecular flexibility index (Phi) is 5.15. The molecule has 5 rings (SSSR count). The van der Waals surface area contributed by atoms with Crippen LogP contribution in [0.15, 0.2) is 22.7 Å². The third-order valence-electron chi connectivity index (χ3n) is 6.46. The van der Waals surface area contributed by atoms with Gasteiger partial charge in [-0.25, -0.2) is 9.37 Å². The summed E-state index contributed by atoms with van der Waals surface area (Å²) in [7, 11) is 0. The van der Waals surface area contributed by atoms with Crippen LogP contribution in [-0.2, 0) is 0 Å². The molecular formula is C23H28FN5O. The predicted octanol–water partition coefficient (Wildman–Crippen LogP) is 4.54. The first-order valence-corrected chi connectivity index (χ1v) is 11.0. The quantitative estimate of drug-likeness (QED) is 0.682. The van der Waals surface area contributed by atoms with E-state index in [-0.39, 0.29) is 5.82 Å². The van der Waals surface area contributed by atoms with Crippen LogP contribution in [0.25, 0.3) is 22.3 Å². The van der Waals surface area contributed by atoms with Gasteiger partial charge in [0.15, 0.2) is 0 Å². The number of fused-ring (bicyclic) bond motifs is 1. The van der Waals surface area contributed by atoms with Crippen molar-refractivity contribution in [3.63, 3.8) is 0 Å². The lowest BCUT2D eigenvalue weighted by Crippen LogP contribution is -2.45. The minimum Gasteiger partial charge on any atom is -0.356 e. The zero-order valence-electron chi connectivity index (χ0n) is 17.6. The van der Waals surface area contributed by atoms with Crippen molar-refractivity contribution < 1.29 is 8.91 Å². The second-order valence-electron chi connectivity index (χ2n) is 8.70. The average Bonchev–Trinajstić information content (AvgIpc) is 3.40. The highest BCUT2D eigenvalue weighted by atomic mass is 19.1. The molecule has 3 aromatic rings. The van der Waals surface area contributed by atoms with Crippen molar-refractivity contribution in [1.29, 1.82) is 0 Å². The maximum Gasteiger partial charge on any atom is 0.223 e. The van der Waals surface area contributed by atoms with Gasteiger partial charge in [-0.2, -0.15) is 4.98 Å². The zero-order valence-corrected chi connectivity index (χ0v) is 17.6. The van der Waals surface area contributed by atoms with E-state index in [4.69, 9.17) is 9.51 Å². The van der Waals surface area contributed by atoms with Gasteiger partial charge in [-0.1, -0.05) is 18.0 Å². The smallest absolute Gasteiger partial charge is 0.223 e. The number of halogens is 1. The molecule has 30 heavy (non-hydrogen) atoms. The standard InChI is InChI=1S/C23H28FN5O/c1-14-11-16-12-19(22-25-15(2)30-28-22)23(27-21(16)13-20(14)24)29-9-7-18(8-10-29)26-17-5-3-4-6-17/h11-13,17-18,26H,3-10H2,1-2H3. The number of pyridine rings is 1. The molecule has 2 aromatic heterocycles. The molecule has 3 heterocycles. The lowest BCUT2D eigenvalue weighted by molar-refractivity contribution is 0.367. The molecule has 1 aliphatic carbocycles. The zero-order chi connectivity index (χ0) is 20.7. The number of nitrogens with one attached hydrogen (secondary N) is 1. The Hall–Kier alpha value is -2.54. The number of aryl methyl sites for hydroxylation is 2. The number of hydrogen-bond acceptors (Lipinski definition) is 6. The summed E-state index contributed by atoms with van der Waals surface area (Å²) in [4.78, 5) is 11.6. The fourth-order valence-corrected chi connectivity index (χ4v) is 4.80. The minimum absolute atomic E-state index is 0.233. The van der Waals surface area contributed by atoms with Gasteiger partial charge in [-0.3, -0.25) is 0 Å². The third-order valence-corrected chi connectivity index (χ3v) is 6.46. The highest BCUT2D eigenvalue weighted by Gasteiger charge is 2.26. The molecule has 1 aromatic carbocycles. The summed E-state index contributed by atoms with van der Waals surface area (Å²) in [5.41, 5.74) is 2.10. The topological polar surface area (TPSA) is 67.1 Å². The minimum atomic E-state index is -0.233. The van der Waals surface area contributed by atoms with Crippen molar-refractivity contribution in [2.45, 2.75) is 64.5 Å². The van der Waals surface area contributed by atoms with E-state index in [1.54, 1.807) is 13.8 Å². The highest BCUT2D eigenvalue weighted by Crippen LogP contribution is 2.33. The first-order valence-electron chi connectivity index (χ1n) is 11.0. The number of aromatic nitrogens is 3. The van der Waals surface area contributed by atoms with E-state index >= 15 is 0 Å². The van der Waals surface area contributed by atoms with Gasteiger partial charge >= 0.3 is 0 Å². The van der Waals surface area contributed by atoms with Crippen molar-refractivity contribution in [1.82, 2.24) is 20.4 Å². The second-order valence-corrected chi connectivity index (χ2v) is 8.70. The molecule has 1 saturated heterocycles. The van der Waals surface area contributed by atoms with Crippen molar-refractivity contribution in [2.75, 3.05) is 18.0 Å². The summed E-state index contributed by atoms with van der Waals surface area (Å²) in [5.74, 6) is 1.63. The van der Waals surface area contributed by atoms with Crippen LogP contribution in [0.3, 0.4) is 0 Å². The molecule has 158 valence electrons. The molecule has 2 fully saturated rings. The molecule has 7 heteroatoms. The number of nitrogens with zero attached hydrogens (tertiary/aromatic N) is 4. The average molecular weight is 410 g/mol. The van der Waals surface area contributed by atoms with Crippen molar-refractivity contribution in [3.8, 4) is 11.4 Å². The maximum atomic E-state index is 14.2. The normalized spacial score (nSPS) is 18.6. The lowest BCUT2D eigenvalue weighted by Gasteiger charge is -2.35. The summed E-state index contributed by atoms with van der Waals surface area (Å²) in [6.07, 6.45) is 7.45. The Balaban J connectivity index is 1.45.